The lowest BCUT2D eigenvalue weighted by molar-refractivity contribution is -0.116. The van der Waals surface area contributed by atoms with Gasteiger partial charge in [-0.15, -0.1) is 0 Å². The normalized spacial score (nSPS) is 11.6. The third-order valence-electron chi connectivity index (χ3n) is 3.98. The van der Waals surface area contributed by atoms with Crippen LogP contribution in [0.5, 0.6) is 11.5 Å². The number of carbonyl (C=O) groups excluding carboxylic acids is 1. The summed E-state index contributed by atoms with van der Waals surface area (Å²) >= 11 is 0. The zero-order valence-corrected chi connectivity index (χ0v) is 14.2. The number of carbonyl (C=O) groups is 1. The monoisotopic (exact) mass is 331 g/mol. The van der Waals surface area contributed by atoms with Gasteiger partial charge < -0.3 is 10.1 Å². The molecule has 126 valence electrons. The number of amides is 1. The number of ether oxygens (including phenoxy) is 1. The van der Waals surface area contributed by atoms with Gasteiger partial charge in [-0.05, 0) is 47.9 Å². The smallest absolute Gasteiger partial charge is 0.224 e. The van der Waals surface area contributed by atoms with Crippen LogP contribution in [0.2, 0.25) is 0 Å². The van der Waals surface area contributed by atoms with Crippen molar-refractivity contribution in [1.29, 1.82) is 0 Å². The van der Waals surface area contributed by atoms with Crippen LogP contribution in [0.15, 0.2) is 84.9 Å². The highest BCUT2D eigenvalue weighted by Crippen LogP contribution is 2.23. The van der Waals surface area contributed by atoms with E-state index < -0.39 is 0 Å². The van der Waals surface area contributed by atoms with Crippen LogP contribution < -0.4 is 10.1 Å². The third kappa shape index (κ3) is 4.95. The fourth-order valence-corrected chi connectivity index (χ4v) is 2.62. The molecule has 0 aromatic heterocycles. The maximum atomic E-state index is 12.2. The van der Waals surface area contributed by atoms with Gasteiger partial charge in [0.1, 0.15) is 11.5 Å². The van der Waals surface area contributed by atoms with Crippen molar-refractivity contribution in [2.45, 2.75) is 19.3 Å². The SMILES string of the molecule is C[C@H](CC(=O)Nc1ccc(Oc2ccccc2)cc1)c1ccccc1. The van der Waals surface area contributed by atoms with E-state index >= 15 is 0 Å². The van der Waals surface area contributed by atoms with Crippen LogP contribution in [0.1, 0.15) is 24.8 Å². The molecule has 25 heavy (non-hydrogen) atoms. The van der Waals surface area contributed by atoms with Crippen LogP contribution >= 0.6 is 0 Å². The average molecular weight is 331 g/mol. The molecule has 0 saturated heterocycles. The Morgan fingerprint density at radius 2 is 1.40 bits per heavy atom. The summed E-state index contributed by atoms with van der Waals surface area (Å²) in [7, 11) is 0. The fraction of sp³-hybridized carbons (Fsp3) is 0.136. The largest absolute Gasteiger partial charge is 0.457 e. The second kappa shape index (κ2) is 8.15. The molecule has 3 nitrogen and oxygen atoms in total. The lowest BCUT2D eigenvalue weighted by Crippen LogP contribution is -2.14. The Kier molecular flexibility index (Phi) is 5.47. The molecule has 3 rings (SSSR count). The van der Waals surface area contributed by atoms with Crippen molar-refractivity contribution >= 4 is 11.6 Å². The minimum atomic E-state index is 0.00748. The van der Waals surface area contributed by atoms with Gasteiger partial charge in [-0.25, -0.2) is 0 Å². The molecule has 0 bridgehead atoms. The van der Waals surface area contributed by atoms with Crippen LogP contribution in [0.4, 0.5) is 5.69 Å². The minimum Gasteiger partial charge on any atom is -0.457 e. The molecule has 1 atom stereocenters. The molecular weight excluding hydrogens is 310 g/mol. The Labute approximate surface area is 148 Å². The zero-order valence-electron chi connectivity index (χ0n) is 14.2. The first-order valence-corrected chi connectivity index (χ1v) is 8.38. The number of hydrogen-bond donors (Lipinski definition) is 1. The van der Waals surface area contributed by atoms with Crippen LogP contribution in [-0.4, -0.2) is 5.91 Å². The van der Waals surface area contributed by atoms with Gasteiger partial charge in [-0.1, -0.05) is 55.5 Å². The van der Waals surface area contributed by atoms with Crippen molar-refractivity contribution in [1.82, 2.24) is 0 Å². The van der Waals surface area contributed by atoms with E-state index in [1.54, 1.807) is 0 Å². The highest BCUT2D eigenvalue weighted by Gasteiger charge is 2.11. The van der Waals surface area contributed by atoms with Crippen molar-refractivity contribution in [3.05, 3.63) is 90.5 Å². The number of para-hydroxylation sites is 1. The van der Waals surface area contributed by atoms with Crippen molar-refractivity contribution < 1.29 is 9.53 Å². The first kappa shape index (κ1) is 16.8. The molecular formula is C22H21NO2. The maximum absolute atomic E-state index is 12.2. The van der Waals surface area contributed by atoms with E-state index in [-0.39, 0.29) is 11.8 Å². The standard InChI is InChI=1S/C22H21NO2/c1-17(18-8-4-2-5-9-18)16-22(24)23-19-12-14-21(15-13-19)25-20-10-6-3-7-11-20/h2-15,17H,16H2,1H3,(H,23,24)/t17-/m1/s1. The van der Waals surface area contributed by atoms with E-state index in [1.807, 2.05) is 84.9 Å². The molecule has 0 aliphatic heterocycles. The van der Waals surface area contributed by atoms with Gasteiger partial charge in [0.15, 0.2) is 0 Å². The summed E-state index contributed by atoms with van der Waals surface area (Å²) < 4.78 is 5.75. The number of benzene rings is 3. The number of rotatable bonds is 6. The van der Waals surface area contributed by atoms with Crippen molar-refractivity contribution in [3.63, 3.8) is 0 Å². The van der Waals surface area contributed by atoms with E-state index in [9.17, 15) is 4.79 Å². The van der Waals surface area contributed by atoms with E-state index in [4.69, 9.17) is 4.74 Å². The van der Waals surface area contributed by atoms with Crippen LogP contribution in [0, 0.1) is 0 Å². The predicted molar refractivity (Wildman–Crippen MR) is 101 cm³/mol. The summed E-state index contributed by atoms with van der Waals surface area (Å²) in [5.74, 6) is 1.72. The molecule has 3 aromatic rings. The molecule has 0 aliphatic rings. The Balaban J connectivity index is 1.55. The van der Waals surface area contributed by atoms with Gasteiger partial charge in [0.05, 0.1) is 0 Å². The molecule has 3 heteroatoms. The Morgan fingerprint density at radius 1 is 0.840 bits per heavy atom. The van der Waals surface area contributed by atoms with Crippen LogP contribution in [0.25, 0.3) is 0 Å². The highest BCUT2D eigenvalue weighted by atomic mass is 16.5. The first-order valence-electron chi connectivity index (χ1n) is 8.38. The quantitative estimate of drug-likeness (QED) is 0.637. The summed E-state index contributed by atoms with van der Waals surface area (Å²) in [6.45, 7) is 2.06. The first-order chi connectivity index (χ1) is 12.2. The number of nitrogens with one attached hydrogen (secondary N) is 1. The Hall–Kier alpha value is -3.07. The van der Waals surface area contributed by atoms with Gasteiger partial charge in [0.25, 0.3) is 0 Å². The van der Waals surface area contributed by atoms with E-state index in [1.165, 1.54) is 5.56 Å². The predicted octanol–water partition coefficient (Wildman–Crippen LogP) is 5.61. The molecule has 0 aliphatic carbocycles. The Bertz CT molecular complexity index is 798. The molecule has 0 heterocycles. The van der Waals surface area contributed by atoms with Crippen molar-refractivity contribution in [3.8, 4) is 11.5 Å². The van der Waals surface area contributed by atoms with Gasteiger partial charge >= 0.3 is 0 Å². The number of hydrogen-bond acceptors (Lipinski definition) is 2. The zero-order chi connectivity index (χ0) is 17.5. The topological polar surface area (TPSA) is 38.3 Å². The summed E-state index contributed by atoms with van der Waals surface area (Å²) in [4.78, 5) is 12.2. The molecule has 1 amide bonds. The van der Waals surface area contributed by atoms with Gasteiger partial charge in [-0.3, -0.25) is 4.79 Å². The summed E-state index contributed by atoms with van der Waals surface area (Å²) in [5.41, 5.74) is 1.94. The van der Waals surface area contributed by atoms with E-state index in [2.05, 4.69) is 12.2 Å². The number of anilines is 1. The molecule has 1 N–H and O–H groups in total. The van der Waals surface area contributed by atoms with Crippen molar-refractivity contribution in [2.75, 3.05) is 5.32 Å². The summed E-state index contributed by atoms with van der Waals surface area (Å²) in [5, 5.41) is 2.94. The molecule has 0 unspecified atom stereocenters. The van der Waals surface area contributed by atoms with Gasteiger partial charge in [0, 0.05) is 12.1 Å². The summed E-state index contributed by atoms with van der Waals surface area (Å²) in [6.07, 6.45) is 0.451. The average Bonchev–Trinajstić information content (AvgIpc) is 2.65. The van der Waals surface area contributed by atoms with Gasteiger partial charge in [0.2, 0.25) is 5.91 Å². The van der Waals surface area contributed by atoms with Gasteiger partial charge in [-0.2, -0.15) is 0 Å². The van der Waals surface area contributed by atoms with E-state index in [0.717, 1.165) is 17.2 Å². The lowest BCUT2D eigenvalue weighted by Gasteiger charge is -2.12. The molecule has 0 radical (unpaired) electrons. The molecule has 0 spiro atoms. The molecule has 0 saturated carbocycles. The molecule has 3 aromatic carbocycles. The van der Waals surface area contributed by atoms with Crippen LogP contribution in [-0.2, 0) is 4.79 Å². The van der Waals surface area contributed by atoms with Crippen LogP contribution in [0.3, 0.4) is 0 Å². The second-order valence-corrected chi connectivity index (χ2v) is 6.00. The molecule has 0 fully saturated rings. The second-order valence-electron chi connectivity index (χ2n) is 6.00. The minimum absolute atomic E-state index is 0.00748. The summed E-state index contributed by atoms with van der Waals surface area (Å²) in [6, 6.07) is 27.1. The fourth-order valence-electron chi connectivity index (χ4n) is 2.62. The third-order valence-corrected chi connectivity index (χ3v) is 3.98. The lowest BCUT2D eigenvalue weighted by atomic mass is 9.97. The maximum Gasteiger partial charge on any atom is 0.224 e. The Morgan fingerprint density at radius 3 is 2.04 bits per heavy atom. The van der Waals surface area contributed by atoms with E-state index in [0.29, 0.717) is 6.42 Å². The highest BCUT2D eigenvalue weighted by molar-refractivity contribution is 5.91. The van der Waals surface area contributed by atoms with Crippen molar-refractivity contribution in [2.24, 2.45) is 0 Å².